The maximum Gasteiger partial charge on any atom is 0.273 e. The van der Waals surface area contributed by atoms with Crippen LogP contribution in [0.3, 0.4) is 0 Å². The van der Waals surface area contributed by atoms with Gasteiger partial charge in [-0.25, -0.2) is 0 Å². The van der Waals surface area contributed by atoms with E-state index in [0.717, 1.165) is 6.07 Å². The second-order valence-corrected chi connectivity index (χ2v) is 4.65. The summed E-state index contributed by atoms with van der Waals surface area (Å²) in [4.78, 5) is 12.8. The molecule has 0 unspecified atom stereocenters. The normalized spacial score (nSPS) is 9.81. The fourth-order valence-electron chi connectivity index (χ4n) is 1.53. The van der Waals surface area contributed by atoms with Crippen LogP contribution < -0.4 is 4.74 Å². The van der Waals surface area contributed by atoms with Crippen molar-refractivity contribution in [2.45, 2.75) is 0 Å². The van der Waals surface area contributed by atoms with E-state index in [1.54, 1.807) is 6.07 Å². The quantitative estimate of drug-likeness (QED) is 0.239. The van der Waals surface area contributed by atoms with Gasteiger partial charge in [-0.3, -0.25) is 10.1 Å². The van der Waals surface area contributed by atoms with Crippen molar-refractivity contribution in [3.05, 3.63) is 67.0 Å². The van der Waals surface area contributed by atoms with Crippen molar-refractivity contribution in [3.63, 3.8) is 0 Å². The summed E-state index contributed by atoms with van der Waals surface area (Å²) in [7, 11) is 0. The van der Waals surface area contributed by atoms with Crippen LogP contribution in [0.25, 0.3) is 10.4 Å². The maximum atomic E-state index is 10.8. The molecule has 0 saturated heterocycles. The van der Waals surface area contributed by atoms with E-state index in [2.05, 4.69) is 10.0 Å². The number of ether oxygens (including phenoxy) is 1. The SMILES string of the molecule is [N-]=[N+]=Nc1cc(Oc2ccc(Cl)cc2Cl)cc([N+](=O)[O-])c1. The van der Waals surface area contributed by atoms with Crippen molar-refractivity contribution in [2.24, 2.45) is 5.11 Å². The lowest BCUT2D eigenvalue weighted by Gasteiger charge is -2.08. The molecule has 0 atom stereocenters. The van der Waals surface area contributed by atoms with Gasteiger partial charge in [-0.05, 0) is 29.8 Å². The fourth-order valence-corrected chi connectivity index (χ4v) is 1.97. The van der Waals surface area contributed by atoms with Gasteiger partial charge in [0.15, 0.2) is 0 Å². The third-order valence-electron chi connectivity index (χ3n) is 2.37. The highest BCUT2D eigenvalue weighted by molar-refractivity contribution is 6.35. The molecule has 9 heteroatoms. The van der Waals surface area contributed by atoms with Gasteiger partial charge >= 0.3 is 0 Å². The Kier molecular flexibility index (Phi) is 4.49. The molecule has 2 aromatic rings. The second-order valence-electron chi connectivity index (χ2n) is 3.81. The van der Waals surface area contributed by atoms with Gasteiger partial charge in [-0.15, -0.1) is 0 Å². The average molecular weight is 325 g/mol. The van der Waals surface area contributed by atoms with Crippen LogP contribution in [0.15, 0.2) is 41.5 Å². The average Bonchev–Trinajstić information content (AvgIpc) is 2.42. The van der Waals surface area contributed by atoms with E-state index < -0.39 is 4.92 Å². The lowest BCUT2D eigenvalue weighted by atomic mass is 10.2. The van der Waals surface area contributed by atoms with Crippen molar-refractivity contribution in [3.8, 4) is 11.5 Å². The molecule has 0 bridgehead atoms. The number of halogens is 2. The molecule has 0 saturated carbocycles. The Labute approximate surface area is 128 Å². The second kappa shape index (κ2) is 6.32. The van der Waals surface area contributed by atoms with Gasteiger partial charge in [-0.2, -0.15) is 0 Å². The number of azide groups is 1. The van der Waals surface area contributed by atoms with Crippen LogP contribution in [-0.4, -0.2) is 4.92 Å². The highest BCUT2D eigenvalue weighted by Gasteiger charge is 2.12. The van der Waals surface area contributed by atoms with Crippen LogP contribution in [0.5, 0.6) is 11.5 Å². The summed E-state index contributed by atoms with van der Waals surface area (Å²) >= 11 is 11.7. The largest absolute Gasteiger partial charge is 0.456 e. The van der Waals surface area contributed by atoms with Crippen molar-refractivity contribution < 1.29 is 9.66 Å². The van der Waals surface area contributed by atoms with Gasteiger partial charge in [0, 0.05) is 21.7 Å². The van der Waals surface area contributed by atoms with Crippen molar-refractivity contribution >= 4 is 34.6 Å². The Morgan fingerprint density at radius 3 is 2.62 bits per heavy atom. The minimum Gasteiger partial charge on any atom is -0.456 e. The van der Waals surface area contributed by atoms with E-state index in [1.807, 2.05) is 0 Å². The Morgan fingerprint density at radius 2 is 2.00 bits per heavy atom. The molecule has 0 heterocycles. The van der Waals surface area contributed by atoms with E-state index in [-0.39, 0.29) is 27.9 Å². The number of benzene rings is 2. The molecule has 0 radical (unpaired) electrons. The number of hydrogen-bond acceptors (Lipinski definition) is 4. The molecule has 21 heavy (non-hydrogen) atoms. The minimum absolute atomic E-state index is 0.0618. The van der Waals surface area contributed by atoms with Crippen molar-refractivity contribution in [1.29, 1.82) is 0 Å². The van der Waals surface area contributed by atoms with Crippen LogP contribution in [0.1, 0.15) is 0 Å². The van der Waals surface area contributed by atoms with Crippen LogP contribution in [-0.2, 0) is 0 Å². The van der Waals surface area contributed by atoms with Gasteiger partial charge in [0.05, 0.1) is 16.0 Å². The first-order valence-electron chi connectivity index (χ1n) is 5.47. The standard InChI is InChI=1S/C12H6Cl2N4O3/c13-7-1-2-12(11(14)3-7)21-10-5-8(16-17-15)4-9(6-10)18(19)20/h1-6H. The molecule has 2 rings (SSSR count). The Balaban J connectivity index is 2.43. The van der Waals surface area contributed by atoms with E-state index in [0.29, 0.717) is 5.02 Å². The summed E-state index contributed by atoms with van der Waals surface area (Å²) in [6.45, 7) is 0. The van der Waals surface area contributed by atoms with Gasteiger partial charge in [-0.1, -0.05) is 28.3 Å². The van der Waals surface area contributed by atoms with Crippen LogP contribution in [0.4, 0.5) is 11.4 Å². The zero-order valence-corrected chi connectivity index (χ0v) is 11.7. The predicted molar refractivity (Wildman–Crippen MR) is 78.4 cm³/mol. The van der Waals surface area contributed by atoms with Crippen LogP contribution >= 0.6 is 23.2 Å². The molecule has 106 valence electrons. The molecule has 0 N–H and O–H groups in total. The number of nitro benzene ring substituents is 1. The molecule has 0 aliphatic rings. The highest BCUT2D eigenvalue weighted by Crippen LogP contribution is 2.35. The zero-order chi connectivity index (χ0) is 15.4. The number of rotatable bonds is 4. The van der Waals surface area contributed by atoms with E-state index >= 15 is 0 Å². The molecule has 0 aliphatic carbocycles. The fraction of sp³-hybridized carbons (Fsp3) is 0. The molecular weight excluding hydrogens is 319 g/mol. The van der Waals surface area contributed by atoms with Gasteiger partial charge in [0.2, 0.25) is 0 Å². The Morgan fingerprint density at radius 1 is 1.24 bits per heavy atom. The van der Waals surface area contributed by atoms with Gasteiger partial charge in [0.25, 0.3) is 5.69 Å². The smallest absolute Gasteiger partial charge is 0.273 e. The summed E-state index contributed by atoms with van der Waals surface area (Å²) in [5.41, 5.74) is 8.21. The monoisotopic (exact) mass is 324 g/mol. The first-order chi connectivity index (χ1) is 9.99. The number of nitro groups is 1. The molecule has 2 aromatic carbocycles. The molecule has 0 fully saturated rings. The highest BCUT2D eigenvalue weighted by atomic mass is 35.5. The van der Waals surface area contributed by atoms with Gasteiger partial charge < -0.3 is 4.74 Å². The summed E-state index contributed by atoms with van der Waals surface area (Å²) in [5.74, 6) is 0.393. The summed E-state index contributed by atoms with van der Waals surface area (Å²) in [6, 6.07) is 8.25. The molecular formula is C12H6Cl2N4O3. The Bertz CT molecular complexity index is 740. The zero-order valence-electron chi connectivity index (χ0n) is 10.2. The van der Waals surface area contributed by atoms with E-state index in [9.17, 15) is 10.1 Å². The number of nitrogens with zero attached hydrogens (tertiary/aromatic N) is 4. The summed E-state index contributed by atoms with van der Waals surface area (Å²) in [6.07, 6.45) is 0. The van der Waals surface area contributed by atoms with Crippen LogP contribution in [0.2, 0.25) is 10.0 Å². The van der Waals surface area contributed by atoms with E-state index in [4.69, 9.17) is 33.5 Å². The lowest BCUT2D eigenvalue weighted by Crippen LogP contribution is -1.90. The lowest BCUT2D eigenvalue weighted by molar-refractivity contribution is -0.384. The Hall–Kier alpha value is -2.47. The predicted octanol–water partition coefficient (Wildman–Crippen LogP) is 5.64. The number of non-ortho nitro benzene ring substituents is 1. The molecule has 0 aliphatic heterocycles. The first kappa shape index (κ1) is 14.9. The van der Waals surface area contributed by atoms with Gasteiger partial charge in [0.1, 0.15) is 11.5 Å². The minimum atomic E-state index is -0.618. The third-order valence-corrected chi connectivity index (χ3v) is 2.90. The summed E-state index contributed by atoms with van der Waals surface area (Å²) in [5, 5.41) is 14.9. The maximum absolute atomic E-state index is 10.8. The molecule has 7 nitrogen and oxygen atoms in total. The summed E-state index contributed by atoms with van der Waals surface area (Å²) < 4.78 is 5.46. The number of hydrogen-bond donors (Lipinski definition) is 0. The molecule has 0 aromatic heterocycles. The topological polar surface area (TPSA) is 101 Å². The third kappa shape index (κ3) is 3.76. The molecule has 0 amide bonds. The van der Waals surface area contributed by atoms with Crippen LogP contribution in [0, 0.1) is 10.1 Å². The van der Waals surface area contributed by atoms with Crippen molar-refractivity contribution in [2.75, 3.05) is 0 Å². The van der Waals surface area contributed by atoms with E-state index in [1.165, 1.54) is 24.3 Å². The molecule has 0 spiro atoms. The van der Waals surface area contributed by atoms with Crippen molar-refractivity contribution in [1.82, 2.24) is 0 Å². The first-order valence-corrected chi connectivity index (χ1v) is 6.22.